The van der Waals surface area contributed by atoms with E-state index in [1.807, 2.05) is 17.8 Å². The summed E-state index contributed by atoms with van der Waals surface area (Å²) < 4.78 is 14.6. The SMILES string of the molecule is Cn1ccnc1[C@@H](N)c1ccc(F)cc1. The average Bonchev–Trinajstić information content (AvgIpc) is 2.65. The zero-order chi connectivity index (χ0) is 10.8. The molecule has 0 saturated heterocycles. The first-order valence-electron chi connectivity index (χ1n) is 4.67. The average molecular weight is 205 g/mol. The Labute approximate surface area is 87.4 Å². The Morgan fingerprint density at radius 3 is 2.53 bits per heavy atom. The molecule has 0 amide bonds. The van der Waals surface area contributed by atoms with Crippen molar-refractivity contribution in [3.8, 4) is 0 Å². The molecule has 0 aliphatic rings. The number of halogens is 1. The summed E-state index contributed by atoms with van der Waals surface area (Å²) in [6.07, 6.45) is 3.53. The molecule has 1 aromatic carbocycles. The summed E-state index contributed by atoms with van der Waals surface area (Å²) in [7, 11) is 1.88. The summed E-state index contributed by atoms with van der Waals surface area (Å²) in [6.45, 7) is 0. The molecule has 3 nitrogen and oxygen atoms in total. The quantitative estimate of drug-likeness (QED) is 0.809. The topological polar surface area (TPSA) is 43.8 Å². The minimum Gasteiger partial charge on any atom is -0.336 e. The first kappa shape index (κ1) is 9.86. The molecule has 1 atom stereocenters. The van der Waals surface area contributed by atoms with Crippen LogP contribution in [0.15, 0.2) is 36.7 Å². The highest BCUT2D eigenvalue weighted by atomic mass is 19.1. The van der Waals surface area contributed by atoms with Gasteiger partial charge in [-0.15, -0.1) is 0 Å². The molecule has 15 heavy (non-hydrogen) atoms. The molecule has 2 aromatic rings. The molecule has 1 heterocycles. The van der Waals surface area contributed by atoms with Gasteiger partial charge in [-0.1, -0.05) is 12.1 Å². The van der Waals surface area contributed by atoms with E-state index in [0.717, 1.165) is 11.4 Å². The molecule has 0 unspecified atom stereocenters. The summed E-state index contributed by atoms with van der Waals surface area (Å²) in [5, 5.41) is 0. The van der Waals surface area contributed by atoms with Crippen LogP contribution >= 0.6 is 0 Å². The van der Waals surface area contributed by atoms with Crippen molar-refractivity contribution in [1.82, 2.24) is 9.55 Å². The smallest absolute Gasteiger partial charge is 0.129 e. The third-order valence-corrected chi connectivity index (χ3v) is 2.37. The number of aromatic nitrogens is 2. The van der Waals surface area contributed by atoms with E-state index in [4.69, 9.17) is 5.73 Å². The number of imidazole rings is 1. The highest BCUT2D eigenvalue weighted by Gasteiger charge is 2.12. The van der Waals surface area contributed by atoms with Crippen molar-refractivity contribution in [2.45, 2.75) is 6.04 Å². The molecule has 2 N–H and O–H groups in total. The number of nitrogens with two attached hydrogens (primary N) is 1. The van der Waals surface area contributed by atoms with Crippen LogP contribution in [0.5, 0.6) is 0 Å². The lowest BCUT2D eigenvalue weighted by Crippen LogP contribution is -2.16. The van der Waals surface area contributed by atoms with Gasteiger partial charge in [0.15, 0.2) is 0 Å². The van der Waals surface area contributed by atoms with Crippen LogP contribution in [0.25, 0.3) is 0 Å². The van der Waals surface area contributed by atoms with Gasteiger partial charge in [-0.3, -0.25) is 0 Å². The van der Waals surface area contributed by atoms with Crippen molar-refractivity contribution in [2.24, 2.45) is 12.8 Å². The van der Waals surface area contributed by atoms with Crippen molar-refractivity contribution in [2.75, 3.05) is 0 Å². The lowest BCUT2D eigenvalue weighted by atomic mass is 10.1. The second-order valence-corrected chi connectivity index (χ2v) is 3.43. The van der Waals surface area contributed by atoms with E-state index in [-0.39, 0.29) is 11.9 Å². The Morgan fingerprint density at radius 2 is 2.00 bits per heavy atom. The minimum atomic E-state index is -0.314. The molecule has 0 aliphatic carbocycles. The van der Waals surface area contributed by atoms with Crippen LogP contribution in [0.1, 0.15) is 17.4 Å². The van der Waals surface area contributed by atoms with Crippen LogP contribution in [0.3, 0.4) is 0 Å². The fourth-order valence-corrected chi connectivity index (χ4v) is 1.50. The third-order valence-electron chi connectivity index (χ3n) is 2.37. The van der Waals surface area contributed by atoms with Crippen LogP contribution < -0.4 is 5.73 Å². The zero-order valence-electron chi connectivity index (χ0n) is 8.39. The Hall–Kier alpha value is -1.68. The predicted molar refractivity (Wildman–Crippen MR) is 55.6 cm³/mol. The molecule has 0 bridgehead atoms. The predicted octanol–water partition coefficient (Wildman–Crippen LogP) is 1.61. The van der Waals surface area contributed by atoms with Gasteiger partial charge >= 0.3 is 0 Å². The number of rotatable bonds is 2. The highest BCUT2D eigenvalue weighted by Crippen LogP contribution is 2.17. The zero-order valence-corrected chi connectivity index (χ0v) is 8.39. The van der Waals surface area contributed by atoms with Crippen LogP contribution in [0.4, 0.5) is 4.39 Å². The van der Waals surface area contributed by atoms with Gasteiger partial charge in [-0.05, 0) is 17.7 Å². The number of benzene rings is 1. The second-order valence-electron chi connectivity index (χ2n) is 3.43. The maximum atomic E-state index is 12.7. The third kappa shape index (κ3) is 1.89. The van der Waals surface area contributed by atoms with Crippen molar-refractivity contribution >= 4 is 0 Å². The molecule has 1 aromatic heterocycles. The monoisotopic (exact) mass is 205 g/mol. The van der Waals surface area contributed by atoms with E-state index < -0.39 is 0 Å². The maximum Gasteiger partial charge on any atom is 0.129 e. The molecule has 78 valence electrons. The van der Waals surface area contributed by atoms with Gasteiger partial charge in [0.1, 0.15) is 11.6 Å². The molecule has 0 fully saturated rings. The molecule has 0 saturated carbocycles. The fraction of sp³-hybridized carbons (Fsp3) is 0.182. The van der Waals surface area contributed by atoms with E-state index in [1.54, 1.807) is 18.3 Å². The van der Waals surface area contributed by atoms with Crippen LogP contribution in [-0.2, 0) is 7.05 Å². The summed E-state index contributed by atoms with van der Waals surface area (Å²) >= 11 is 0. The van der Waals surface area contributed by atoms with Crippen molar-refractivity contribution < 1.29 is 4.39 Å². The number of hydrogen-bond donors (Lipinski definition) is 1. The van der Waals surface area contributed by atoms with E-state index in [2.05, 4.69) is 4.98 Å². The van der Waals surface area contributed by atoms with E-state index in [0.29, 0.717) is 0 Å². The van der Waals surface area contributed by atoms with Gasteiger partial charge in [-0.2, -0.15) is 0 Å². The van der Waals surface area contributed by atoms with Crippen LogP contribution in [-0.4, -0.2) is 9.55 Å². The standard InChI is InChI=1S/C11H12FN3/c1-15-7-6-14-11(15)10(13)8-2-4-9(12)5-3-8/h2-7,10H,13H2,1H3/t10-/m0/s1. The normalized spacial score (nSPS) is 12.7. The molecule has 0 spiro atoms. The Kier molecular flexibility index (Phi) is 2.51. The van der Waals surface area contributed by atoms with Crippen molar-refractivity contribution in [3.05, 3.63) is 53.9 Å². The lowest BCUT2D eigenvalue weighted by Gasteiger charge is -2.11. The van der Waals surface area contributed by atoms with Crippen molar-refractivity contribution in [1.29, 1.82) is 0 Å². The highest BCUT2D eigenvalue weighted by molar-refractivity contribution is 5.25. The summed E-state index contributed by atoms with van der Waals surface area (Å²) in [4.78, 5) is 4.16. The maximum absolute atomic E-state index is 12.7. The first-order valence-corrected chi connectivity index (χ1v) is 4.67. The first-order chi connectivity index (χ1) is 7.18. The molecule has 0 radical (unpaired) electrons. The number of hydrogen-bond acceptors (Lipinski definition) is 2. The van der Waals surface area contributed by atoms with Gasteiger partial charge in [0, 0.05) is 19.4 Å². The van der Waals surface area contributed by atoms with Gasteiger partial charge < -0.3 is 10.3 Å². The number of aryl methyl sites for hydroxylation is 1. The lowest BCUT2D eigenvalue weighted by molar-refractivity contribution is 0.625. The van der Waals surface area contributed by atoms with Gasteiger partial charge in [0.25, 0.3) is 0 Å². The van der Waals surface area contributed by atoms with Crippen LogP contribution in [0.2, 0.25) is 0 Å². The summed E-state index contributed by atoms with van der Waals surface area (Å²) in [5.74, 6) is 0.507. The van der Waals surface area contributed by atoms with Crippen molar-refractivity contribution in [3.63, 3.8) is 0 Å². The molecule has 0 aliphatic heterocycles. The Morgan fingerprint density at radius 1 is 1.33 bits per heavy atom. The second kappa shape index (κ2) is 3.82. The summed E-state index contributed by atoms with van der Waals surface area (Å²) in [5.41, 5.74) is 6.86. The molecular weight excluding hydrogens is 193 g/mol. The molecule has 2 rings (SSSR count). The number of nitrogens with zero attached hydrogens (tertiary/aromatic N) is 2. The van der Waals surface area contributed by atoms with E-state index in [1.165, 1.54) is 12.1 Å². The molecule has 4 heteroatoms. The van der Waals surface area contributed by atoms with E-state index in [9.17, 15) is 4.39 Å². The van der Waals surface area contributed by atoms with Gasteiger partial charge in [-0.25, -0.2) is 9.37 Å². The largest absolute Gasteiger partial charge is 0.336 e. The van der Waals surface area contributed by atoms with Gasteiger partial charge in [0.2, 0.25) is 0 Å². The fourth-order valence-electron chi connectivity index (χ4n) is 1.50. The Balaban J connectivity index is 2.32. The molecular formula is C11H12FN3. The summed E-state index contributed by atoms with van der Waals surface area (Å²) in [6, 6.07) is 5.84. The van der Waals surface area contributed by atoms with Crippen LogP contribution in [0, 0.1) is 5.82 Å². The van der Waals surface area contributed by atoms with Gasteiger partial charge in [0.05, 0.1) is 6.04 Å². The minimum absolute atomic E-state index is 0.259. The van der Waals surface area contributed by atoms with E-state index >= 15 is 0 Å². The Bertz CT molecular complexity index is 447.